The minimum atomic E-state index is -0.238. The molecule has 0 saturated heterocycles. The fourth-order valence-electron chi connectivity index (χ4n) is 1.72. The summed E-state index contributed by atoms with van der Waals surface area (Å²) in [7, 11) is 0. The maximum absolute atomic E-state index is 10.8. The van der Waals surface area contributed by atoms with Gasteiger partial charge in [0.25, 0.3) is 0 Å². The molecular weight excluding hydrogens is 174 g/mol. The van der Waals surface area contributed by atoms with Crippen molar-refractivity contribution >= 4 is 5.91 Å². The van der Waals surface area contributed by atoms with E-state index < -0.39 is 0 Å². The molecule has 2 heteroatoms. The van der Waals surface area contributed by atoms with Crippen LogP contribution in [0.4, 0.5) is 0 Å². The number of carbonyl (C=O) groups excluding carboxylic acids is 1. The van der Waals surface area contributed by atoms with Gasteiger partial charge in [-0.15, -0.1) is 0 Å². The summed E-state index contributed by atoms with van der Waals surface area (Å²) < 4.78 is 0. The normalized spacial score (nSPS) is 12.5. The molecule has 0 radical (unpaired) electrons. The fourth-order valence-corrected chi connectivity index (χ4v) is 1.72. The number of hydrogen-bond donors (Lipinski definition) is 1. The highest BCUT2D eigenvalue weighted by atomic mass is 16.1. The molecule has 0 aromatic heterocycles. The quantitative estimate of drug-likeness (QED) is 0.782. The molecule has 1 amide bonds. The topological polar surface area (TPSA) is 43.1 Å². The molecule has 1 unspecified atom stereocenters. The molecule has 0 spiro atoms. The summed E-state index contributed by atoms with van der Waals surface area (Å²) >= 11 is 0. The third kappa shape index (κ3) is 2.34. The summed E-state index contributed by atoms with van der Waals surface area (Å²) in [6, 6.07) is 6.17. The summed E-state index contributed by atoms with van der Waals surface area (Å²) in [6.45, 7) is 6.20. The fraction of sp³-hybridized carbons (Fsp3) is 0.417. The predicted molar refractivity (Wildman–Crippen MR) is 58.1 cm³/mol. The molecule has 2 nitrogen and oxygen atoms in total. The molecule has 0 fully saturated rings. The van der Waals surface area contributed by atoms with Crippen LogP contribution in [0, 0.1) is 13.8 Å². The molecular formula is C12H17NO. The van der Waals surface area contributed by atoms with Gasteiger partial charge in [-0.05, 0) is 36.5 Å². The van der Waals surface area contributed by atoms with Crippen LogP contribution in [-0.4, -0.2) is 5.91 Å². The van der Waals surface area contributed by atoms with Crippen molar-refractivity contribution in [2.75, 3.05) is 0 Å². The lowest BCUT2D eigenvalue weighted by Crippen LogP contribution is -2.14. The Balaban J connectivity index is 2.95. The van der Waals surface area contributed by atoms with Gasteiger partial charge in [0.15, 0.2) is 0 Å². The van der Waals surface area contributed by atoms with Crippen LogP contribution < -0.4 is 5.73 Å². The van der Waals surface area contributed by atoms with Crippen LogP contribution in [-0.2, 0) is 4.79 Å². The number of nitrogens with two attached hydrogens (primary N) is 1. The average molecular weight is 191 g/mol. The van der Waals surface area contributed by atoms with E-state index >= 15 is 0 Å². The molecule has 0 aliphatic carbocycles. The van der Waals surface area contributed by atoms with Gasteiger partial charge >= 0.3 is 0 Å². The van der Waals surface area contributed by atoms with Crippen molar-refractivity contribution in [2.24, 2.45) is 5.73 Å². The first-order valence-electron chi connectivity index (χ1n) is 4.86. The summed E-state index contributed by atoms with van der Waals surface area (Å²) in [5.74, 6) is -0.0224. The van der Waals surface area contributed by atoms with Crippen molar-refractivity contribution in [3.8, 4) is 0 Å². The second kappa shape index (κ2) is 4.27. The minimum Gasteiger partial charge on any atom is -0.370 e. The molecule has 76 valence electrons. The summed E-state index contributed by atoms with van der Waals surface area (Å²) in [5, 5.41) is 0. The Hall–Kier alpha value is -1.31. The minimum absolute atomic E-state index is 0.215. The first-order valence-corrected chi connectivity index (χ1v) is 4.86. The number of hydrogen-bond acceptors (Lipinski definition) is 1. The summed E-state index contributed by atoms with van der Waals surface area (Å²) in [5.41, 5.74) is 8.93. The first kappa shape index (κ1) is 10.8. The van der Waals surface area contributed by atoms with Gasteiger partial charge in [0.1, 0.15) is 0 Å². The van der Waals surface area contributed by atoms with Gasteiger partial charge in [-0.1, -0.05) is 25.1 Å². The molecule has 0 bridgehead atoms. The van der Waals surface area contributed by atoms with Crippen LogP contribution in [0.25, 0.3) is 0 Å². The van der Waals surface area contributed by atoms with Gasteiger partial charge in [-0.25, -0.2) is 0 Å². The molecule has 1 aromatic carbocycles. The number of amides is 1. The first-order chi connectivity index (χ1) is 6.52. The van der Waals surface area contributed by atoms with E-state index in [1.165, 1.54) is 16.7 Å². The van der Waals surface area contributed by atoms with Gasteiger partial charge in [0.05, 0.1) is 0 Å². The van der Waals surface area contributed by atoms with Gasteiger partial charge in [0.2, 0.25) is 5.91 Å². The molecule has 14 heavy (non-hydrogen) atoms. The molecule has 0 aliphatic rings. The molecule has 1 atom stereocenters. The van der Waals surface area contributed by atoms with Crippen LogP contribution in [0.1, 0.15) is 36.0 Å². The maximum atomic E-state index is 10.8. The van der Waals surface area contributed by atoms with Crippen molar-refractivity contribution in [3.63, 3.8) is 0 Å². The largest absolute Gasteiger partial charge is 0.370 e. The van der Waals surface area contributed by atoms with Crippen molar-refractivity contribution in [1.29, 1.82) is 0 Å². The molecule has 0 heterocycles. The monoisotopic (exact) mass is 191 g/mol. The lowest BCUT2D eigenvalue weighted by Gasteiger charge is -2.14. The number of carbonyl (C=O) groups is 1. The van der Waals surface area contributed by atoms with E-state index in [1.807, 2.05) is 13.0 Å². The highest BCUT2D eigenvalue weighted by Crippen LogP contribution is 2.24. The third-order valence-corrected chi connectivity index (χ3v) is 2.68. The van der Waals surface area contributed by atoms with E-state index in [2.05, 4.69) is 26.0 Å². The zero-order valence-electron chi connectivity index (χ0n) is 9.00. The average Bonchev–Trinajstić information content (AvgIpc) is 2.08. The van der Waals surface area contributed by atoms with Gasteiger partial charge < -0.3 is 5.73 Å². The number of rotatable bonds is 3. The molecule has 0 aliphatic heterocycles. The summed E-state index contributed by atoms with van der Waals surface area (Å²) in [6.07, 6.45) is 0.421. The molecule has 1 aromatic rings. The van der Waals surface area contributed by atoms with Gasteiger partial charge in [-0.3, -0.25) is 4.79 Å². The van der Waals surface area contributed by atoms with Crippen LogP contribution >= 0.6 is 0 Å². The standard InChI is InChI=1S/C12H17NO/c1-8-5-4-6-11(10(8)3)9(2)7-12(13)14/h4-6,9H,7H2,1-3H3,(H2,13,14). The van der Waals surface area contributed by atoms with E-state index in [4.69, 9.17) is 5.73 Å². The third-order valence-electron chi connectivity index (χ3n) is 2.68. The summed E-state index contributed by atoms with van der Waals surface area (Å²) in [4.78, 5) is 10.8. The van der Waals surface area contributed by atoms with E-state index in [0.29, 0.717) is 6.42 Å². The van der Waals surface area contributed by atoms with Crippen molar-refractivity contribution < 1.29 is 4.79 Å². The second-order valence-corrected chi connectivity index (χ2v) is 3.86. The van der Waals surface area contributed by atoms with Gasteiger partial charge in [-0.2, -0.15) is 0 Å². The Labute approximate surface area is 85.1 Å². The van der Waals surface area contributed by atoms with Crippen molar-refractivity contribution in [1.82, 2.24) is 0 Å². The zero-order chi connectivity index (χ0) is 10.7. The number of aryl methyl sites for hydroxylation is 1. The van der Waals surface area contributed by atoms with Crippen molar-refractivity contribution in [3.05, 3.63) is 34.9 Å². The van der Waals surface area contributed by atoms with Crippen LogP contribution in [0.3, 0.4) is 0 Å². The Morgan fingerprint density at radius 1 is 1.43 bits per heavy atom. The molecule has 1 rings (SSSR count). The SMILES string of the molecule is Cc1cccc(C(C)CC(N)=O)c1C. The second-order valence-electron chi connectivity index (χ2n) is 3.86. The maximum Gasteiger partial charge on any atom is 0.218 e. The van der Waals surface area contributed by atoms with Crippen LogP contribution in [0.5, 0.6) is 0 Å². The van der Waals surface area contributed by atoms with E-state index in [-0.39, 0.29) is 11.8 Å². The van der Waals surface area contributed by atoms with E-state index in [1.54, 1.807) is 0 Å². The Bertz CT molecular complexity index is 344. The smallest absolute Gasteiger partial charge is 0.218 e. The predicted octanol–water partition coefficient (Wildman–Crippen LogP) is 2.28. The zero-order valence-corrected chi connectivity index (χ0v) is 9.00. The van der Waals surface area contributed by atoms with E-state index in [9.17, 15) is 4.79 Å². The Kier molecular flexibility index (Phi) is 3.28. The Morgan fingerprint density at radius 3 is 2.64 bits per heavy atom. The van der Waals surface area contributed by atoms with Crippen LogP contribution in [0.2, 0.25) is 0 Å². The molecule has 2 N–H and O–H groups in total. The van der Waals surface area contributed by atoms with Crippen LogP contribution in [0.15, 0.2) is 18.2 Å². The van der Waals surface area contributed by atoms with E-state index in [0.717, 1.165) is 0 Å². The Morgan fingerprint density at radius 2 is 2.07 bits per heavy atom. The van der Waals surface area contributed by atoms with Gasteiger partial charge in [0, 0.05) is 6.42 Å². The number of benzene rings is 1. The highest BCUT2D eigenvalue weighted by molar-refractivity contribution is 5.74. The lowest BCUT2D eigenvalue weighted by atomic mass is 9.91. The number of primary amides is 1. The lowest BCUT2D eigenvalue weighted by molar-refractivity contribution is -0.118. The van der Waals surface area contributed by atoms with Crippen molar-refractivity contribution in [2.45, 2.75) is 33.1 Å². The highest BCUT2D eigenvalue weighted by Gasteiger charge is 2.11. The molecule has 0 saturated carbocycles.